The molecule has 0 aromatic rings. The smallest absolute Gasteiger partial charge is 0.306 e. The zero-order valence-corrected chi connectivity index (χ0v) is 41.3. The standard InChI is InChI=1S/C56H103NO5/c1-4-7-10-13-16-19-22-25-27-28-29-31-34-37-40-43-46-49-56(61)62-52(47-44-41-38-35-32-30-26-23-20-17-14-11-8-5-2)50-55(60)57-53(51-58)54(59)48-45-42-39-36-33-24-21-18-15-12-9-6-3/h8,11,17,20,26,30,35,38,52-54,58-59H,4-7,9-10,12-16,18-19,21-25,27-29,31-34,36-37,39-51H2,1-3H3,(H,57,60)/b11-8+,20-17+,30-26+,38-35+. The maximum Gasteiger partial charge on any atom is 0.306 e. The first-order valence-electron chi connectivity index (χ1n) is 26.9. The SMILES string of the molecule is CC/C=C/C/C=C/C/C=C/C/C=C/CCCC(CC(=O)NC(CO)C(O)CCCCCCCCCCCCCC)OC(=O)CCCCCCCCCCCCCCCCCCC. The van der Waals surface area contributed by atoms with Crippen LogP contribution in [0.5, 0.6) is 0 Å². The largest absolute Gasteiger partial charge is 0.462 e. The summed E-state index contributed by atoms with van der Waals surface area (Å²) in [5.41, 5.74) is 0. The number of ether oxygens (including phenoxy) is 1. The van der Waals surface area contributed by atoms with E-state index in [9.17, 15) is 19.8 Å². The molecule has 0 aromatic heterocycles. The summed E-state index contributed by atoms with van der Waals surface area (Å²) in [5.74, 6) is -0.518. The van der Waals surface area contributed by atoms with Gasteiger partial charge in [0.1, 0.15) is 6.10 Å². The highest BCUT2D eigenvalue weighted by atomic mass is 16.5. The second-order valence-corrected chi connectivity index (χ2v) is 18.3. The first-order valence-corrected chi connectivity index (χ1v) is 26.9. The zero-order valence-electron chi connectivity index (χ0n) is 41.3. The number of nitrogens with one attached hydrogen (secondary N) is 1. The normalized spacial score (nSPS) is 13.6. The third kappa shape index (κ3) is 44.4. The molecule has 0 saturated heterocycles. The average Bonchev–Trinajstić information content (AvgIpc) is 3.26. The van der Waals surface area contributed by atoms with Crippen LogP contribution in [-0.2, 0) is 14.3 Å². The lowest BCUT2D eigenvalue weighted by Crippen LogP contribution is -2.46. The minimum absolute atomic E-state index is 0.0425. The molecular formula is C56H103NO5. The van der Waals surface area contributed by atoms with Crippen molar-refractivity contribution < 1.29 is 24.5 Å². The number of hydrogen-bond acceptors (Lipinski definition) is 5. The number of esters is 1. The van der Waals surface area contributed by atoms with Crippen molar-refractivity contribution in [2.24, 2.45) is 0 Å². The maximum atomic E-state index is 13.2. The van der Waals surface area contributed by atoms with Crippen LogP contribution in [0.25, 0.3) is 0 Å². The molecule has 3 N–H and O–H groups in total. The van der Waals surface area contributed by atoms with Crippen molar-refractivity contribution in [2.45, 2.75) is 289 Å². The highest BCUT2D eigenvalue weighted by molar-refractivity contribution is 5.77. The predicted octanol–water partition coefficient (Wildman–Crippen LogP) is 16.2. The summed E-state index contributed by atoms with van der Waals surface area (Å²) in [6.45, 7) is 6.37. The fraction of sp³-hybridized carbons (Fsp3) is 0.821. The molecule has 0 fully saturated rings. The minimum Gasteiger partial charge on any atom is -0.462 e. The quantitative estimate of drug-likeness (QED) is 0.0322. The van der Waals surface area contributed by atoms with Gasteiger partial charge in [0, 0.05) is 6.42 Å². The molecule has 362 valence electrons. The zero-order chi connectivity index (χ0) is 45.2. The topological polar surface area (TPSA) is 95.9 Å². The Morgan fingerprint density at radius 3 is 1.29 bits per heavy atom. The van der Waals surface area contributed by atoms with E-state index in [4.69, 9.17) is 4.74 Å². The number of carbonyl (C=O) groups excluding carboxylic acids is 2. The number of unbranched alkanes of at least 4 members (excludes halogenated alkanes) is 28. The van der Waals surface area contributed by atoms with Crippen molar-refractivity contribution in [1.82, 2.24) is 5.32 Å². The van der Waals surface area contributed by atoms with E-state index in [1.165, 1.54) is 148 Å². The van der Waals surface area contributed by atoms with Gasteiger partial charge in [0.05, 0.1) is 25.2 Å². The van der Waals surface area contributed by atoms with Crippen molar-refractivity contribution >= 4 is 11.9 Å². The molecule has 0 rings (SSSR count). The van der Waals surface area contributed by atoms with Crippen molar-refractivity contribution in [3.05, 3.63) is 48.6 Å². The summed E-state index contributed by atoms with van der Waals surface area (Å²) >= 11 is 0. The van der Waals surface area contributed by atoms with Crippen LogP contribution in [0, 0.1) is 0 Å². The van der Waals surface area contributed by atoms with Crippen LogP contribution in [0.3, 0.4) is 0 Å². The lowest BCUT2D eigenvalue weighted by molar-refractivity contribution is -0.151. The van der Waals surface area contributed by atoms with Gasteiger partial charge in [-0.1, -0.05) is 249 Å². The van der Waals surface area contributed by atoms with Crippen molar-refractivity contribution in [1.29, 1.82) is 0 Å². The molecule has 0 spiro atoms. The molecule has 0 heterocycles. The van der Waals surface area contributed by atoms with Crippen LogP contribution in [-0.4, -0.2) is 46.9 Å². The Bertz CT molecular complexity index is 1070. The van der Waals surface area contributed by atoms with Crippen molar-refractivity contribution in [2.75, 3.05) is 6.61 Å². The van der Waals surface area contributed by atoms with Gasteiger partial charge >= 0.3 is 5.97 Å². The molecule has 0 aliphatic rings. The monoisotopic (exact) mass is 870 g/mol. The first kappa shape index (κ1) is 59.8. The van der Waals surface area contributed by atoms with Gasteiger partial charge in [-0.15, -0.1) is 0 Å². The fourth-order valence-corrected chi connectivity index (χ4v) is 8.13. The molecule has 1 amide bonds. The molecule has 62 heavy (non-hydrogen) atoms. The van der Waals surface area contributed by atoms with Crippen LogP contribution in [0.4, 0.5) is 0 Å². The highest BCUT2D eigenvalue weighted by Crippen LogP contribution is 2.18. The third-order valence-electron chi connectivity index (χ3n) is 12.2. The number of allylic oxidation sites excluding steroid dienone is 8. The van der Waals surface area contributed by atoms with Crippen LogP contribution in [0.2, 0.25) is 0 Å². The Morgan fingerprint density at radius 2 is 0.871 bits per heavy atom. The van der Waals surface area contributed by atoms with Gasteiger partial charge in [0.2, 0.25) is 5.91 Å². The molecule has 6 nitrogen and oxygen atoms in total. The van der Waals surface area contributed by atoms with Crippen LogP contribution >= 0.6 is 0 Å². The number of aliphatic hydroxyl groups excluding tert-OH is 2. The molecule has 6 heteroatoms. The Morgan fingerprint density at radius 1 is 0.484 bits per heavy atom. The van der Waals surface area contributed by atoms with Crippen LogP contribution < -0.4 is 5.32 Å². The van der Waals surface area contributed by atoms with Crippen molar-refractivity contribution in [3.63, 3.8) is 0 Å². The molecule has 0 aliphatic heterocycles. The Balaban J connectivity index is 4.60. The lowest BCUT2D eigenvalue weighted by Gasteiger charge is -2.24. The molecule has 0 aliphatic carbocycles. The van der Waals surface area contributed by atoms with E-state index < -0.39 is 18.2 Å². The van der Waals surface area contributed by atoms with Crippen molar-refractivity contribution in [3.8, 4) is 0 Å². The van der Waals surface area contributed by atoms with Crippen LogP contribution in [0.1, 0.15) is 271 Å². The molecule has 0 bridgehead atoms. The molecule has 0 aromatic carbocycles. The van der Waals surface area contributed by atoms with E-state index in [2.05, 4.69) is 74.7 Å². The van der Waals surface area contributed by atoms with Gasteiger partial charge in [-0.2, -0.15) is 0 Å². The van der Waals surface area contributed by atoms with E-state index in [1.54, 1.807) is 0 Å². The first-order chi connectivity index (χ1) is 30.5. The number of aliphatic hydroxyl groups is 2. The molecular weight excluding hydrogens is 767 g/mol. The average molecular weight is 870 g/mol. The van der Waals surface area contributed by atoms with Gasteiger partial charge in [-0.25, -0.2) is 0 Å². The highest BCUT2D eigenvalue weighted by Gasteiger charge is 2.24. The van der Waals surface area contributed by atoms with Gasteiger partial charge < -0.3 is 20.3 Å². The van der Waals surface area contributed by atoms with Gasteiger partial charge in [0.15, 0.2) is 0 Å². The second-order valence-electron chi connectivity index (χ2n) is 18.3. The third-order valence-corrected chi connectivity index (χ3v) is 12.2. The van der Waals surface area contributed by atoms with E-state index in [1.807, 2.05) is 0 Å². The summed E-state index contributed by atoms with van der Waals surface area (Å²) < 4.78 is 5.92. The Hall–Kier alpha value is -2.18. The fourth-order valence-electron chi connectivity index (χ4n) is 8.13. The van der Waals surface area contributed by atoms with Crippen LogP contribution in [0.15, 0.2) is 48.6 Å². The number of rotatable bonds is 48. The molecule has 0 saturated carbocycles. The minimum atomic E-state index is -0.800. The van der Waals surface area contributed by atoms with E-state index in [0.29, 0.717) is 19.3 Å². The van der Waals surface area contributed by atoms with Gasteiger partial charge in [-0.05, 0) is 57.8 Å². The Kier molecular flexibility index (Phi) is 48.1. The molecule has 3 unspecified atom stereocenters. The summed E-state index contributed by atoms with van der Waals surface area (Å²) in [6, 6.07) is -0.717. The van der Waals surface area contributed by atoms with E-state index in [-0.39, 0.29) is 24.9 Å². The summed E-state index contributed by atoms with van der Waals surface area (Å²) in [6.07, 6.45) is 60.4. The number of hydrogen-bond donors (Lipinski definition) is 3. The molecule has 3 atom stereocenters. The second kappa shape index (κ2) is 49.8. The van der Waals surface area contributed by atoms with Gasteiger partial charge in [-0.3, -0.25) is 9.59 Å². The lowest BCUT2D eigenvalue weighted by atomic mass is 10.0. The molecule has 0 radical (unpaired) electrons. The van der Waals surface area contributed by atoms with E-state index in [0.717, 1.165) is 77.0 Å². The maximum absolute atomic E-state index is 13.2. The Labute approximate surface area is 385 Å². The summed E-state index contributed by atoms with van der Waals surface area (Å²) in [7, 11) is 0. The van der Waals surface area contributed by atoms with E-state index >= 15 is 0 Å². The number of carbonyl (C=O) groups is 2. The predicted molar refractivity (Wildman–Crippen MR) is 269 cm³/mol. The summed E-state index contributed by atoms with van der Waals surface area (Å²) in [5, 5.41) is 23.8. The summed E-state index contributed by atoms with van der Waals surface area (Å²) in [4.78, 5) is 26.2. The van der Waals surface area contributed by atoms with Gasteiger partial charge in [0.25, 0.3) is 0 Å². The number of amides is 1.